The molecule has 2 aliphatic rings. The predicted molar refractivity (Wildman–Crippen MR) is 110 cm³/mol. The van der Waals surface area contributed by atoms with Crippen LogP contribution in [0.5, 0.6) is 0 Å². The van der Waals surface area contributed by atoms with Crippen molar-refractivity contribution >= 4 is 23.5 Å². The van der Waals surface area contributed by atoms with Gasteiger partial charge in [-0.2, -0.15) is 13.2 Å². The summed E-state index contributed by atoms with van der Waals surface area (Å²) in [4.78, 5) is 25.7. The maximum atomic E-state index is 13.2. The Morgan fingerprint density at radius 2 is 2.06 bits per heavy atom. The Morgan fingerprint density at radius 1 is 1.29 bits per heavy atom. The molecule has 4 rings (SSSR count). The molecule has 166 valence electrons. The monoisotopic (exact) mass is 454 g/mol. The van der Waals surface area contributed by atoms with Crippen molar-refractivity contribution in [3.63, 3.8) is 0 Å². The van der Waals surface area contributed by atoms with Crippen LogP contribution in [0.3, 0.4) is 0 Å². The Labute approximate surface area is 182 Å². The van der Waals surface area contributed by atoms with Crippen LogP contribution in [0.25, 0.3) is 0 Å². The predicted octanol–water partition coefficient (Wildman–Crippen LogP) is 2.95. The molecule has 11 heteroatoms. The van der Waals surface area contributed by atoms with Gasteiger partial charge < -0.3 is 9.80 Å². The molecule has 3 heterocycles. The highest BCUT2D eigenvalue weighted by Crippen LogP contribution is 2.37. The molecular weight excluding hydrogens is 433 g/mol. The summed E-state index contributed by atoms with van der Waals surface area (Å²) in [5.41, 5.74) is 7.71. The van der Waals surface area contributed by atoms with Gasteiger partial charge in [0.2, 0.25) is 5.95 Å². The van der Waals surface area contributed by atoms with E-state index in [2.05, 4.69) is 15.8 Å². The van der Waals surface area contributed by atoms with Crippen LogP contribution >= 0.6 is 11.6 Å². The van der Waals surface area contributed by atoms with E-state index < -0.39 is 22.7 Å². The van der Waals surface area contributed by atoms with Gasteiger partial charge in [0.1, 0.15) is 0 Å². The van der Waals surface area contributed by atoms with Gasteiger partial charge in [-0.05, 0) is 25.0 Å². The summed E-state index contributed by atoms with van der Waals surface area (Å²) in [5.74, 6) is -0.0252. The Morgan fingerprint density at radius 3 is 2.71 bits per heavy atom. The normalized spacial score (nSPS) is 18.8. The average molecular weight is 455 g/mol. The lowest BCUT2D eigenvalue weighted by Gasteiger charge is -2.31. The first-order chi connectivity index (χ1) is 14.7. The number of hydrogen-bond acceptors (Lipinski definition) is 6. The lowest BCUT2D eigenvalue weighted by Crippen LogP contribution is -2.38. The second-order valence-electron chi connectivity index (χ2n) is 7.78. The van der Waals surface area contributed by atoms with Crippen molar-refractivity contribution in [2.24, 2.45) is 0 Å². The lowest BCUT2D eigenvalue weighted by molar-refractivity contribution is -0.137. The van der Waals surface area contributed by atoms with E-state index in [-0.39, 0.29) is 18.2 Å². The Balaban J connectivity index is 1.67. The summed E-state index contributed by atoms with van der Waals surface area (Å²) in [5, 5.41) is -0.579. The smallest absolute Gasteiger partial charge is 0.347 e. The molecule has 2 aromatic rings. The minimum absolute atomic E-state index is 0.0376. The number of carbonyl (C=O) groups is 1. The second-order valence-corrected chi connectivity index (χ2v) is 8.16. The number of hydrazine groups is 1. The average Bonchev–Trinajstić information content (AvgIpc) is 3.26. The summed E-state index contributed by atoms with van der Waals surface area (Å²) in [6, 6.07) is 3.43. The van der Waals surface area contributed by atoms with Gasteiger partial charge >= 0.3 is 6.18 Å². The van der Waals surface area contributed by atoms with Gasteiger partial charge in [0.15, 0.2) is 0 Å². The maximum Gasteiger partial charge on any atom is 0.417 e. The molecule has 2 N–H and O–H groups in total. The Bertz CT molecular complexity index is 1010. The van der Waals surface area contributed by atoms with Gasteiger partial charge in [-0.3, -0.25) is 10.2 Å². The fourth-order valence-corrected chi connectivity index (χ4v) is 4.20. The highest BCUT2D eigenvalue weighted by atomic mass is 35.5. The number of carbonyl (C=O) groups excluding carboxylic acids is 1. The third-order valence-corrected chi connectivity index (χ3v) is 5.88. The van der Waals surface area contributed by atoms with Crippen LogP contribution in [0.15, 0.2) is 18.2 Å². The zero-order valence-electron chi connectivity index (χ0n) is 17.1. The van der Waals surface area contributed by atoms with E-state index in [1.807, 2.05) is 14.1 Å². The molecule has 1 amide bonds. The highest BCUT2D eigenvalue weighted by molar-refractivity contribution is 6.34. The molecule has 1 aromatic heterocycles. The van der Waals surface area contributed by atoms with Gasteiger partial charge in [-0.25, -0.2) is 15.4 Å². The minimum Gasteiger partial charge on any atom is -0.347 e. The van der Waals surface area contributed by atoms with Gasteiger partial charge in [0.05, 0.1) is 40.1 Å². The van der Waals surface area contributed by atoms with Crippen molar-refractivity contribution in [2.45, 2.75) is 31.6 Å². The third kappa shape index (κ3) is 4.19. The molecular formula is C20H22ClF3N6O. The maximum absolute atomic E-state index is 13.2. The molecule has 1 saturated heterocycles. The van der Waals surface area contributed by atoms with E-state index >= 15 is 0 Å². The van der Waals surface area contributed by atoms with E-state index in [0.717, 1.165) is 30.3 Å². The fourth-order valence-electron chi connectivity index (χ4n) is 3.88. The van der Waals surface area contributed by atoms with E-state index in [0.29, 0.717) is 24.6 Å². The van der Waals surface area contributed by atoms with Crippen LogP contribution in [0, 0.1) is 0 Å². The number of nitrogens with zero attached hydrogens (tertiary/aromatic N) is 4. The SMILES string of the molecule is CN(C)c1nc2c(c(C3CCNN3)n1)CCN(C(=O)c1cccc(C(F)(F)F)c1Cl)C2. The van der Waals surface area contributed by atoms with Crippen molar-refractivity contribution in [3.8, 4) is 0 Å². The molecule has 7 nitrogen and oxygen atoms in total. The van der Waals surface area contributed by atoms with E-state index in [9.17, 15) is 18.0 Å². The number of fused-ring (bicyclic) bond motifs is 1. The third-order valence-electron chi connectivity index (χ3n) is 5.47. The second kappa shape index (κ2) is 8.25. The van der Waals surface area contributed by atoms with Crippen LogP contribution in [0.2, 0.25) is 5.02 Å². The molecule has 1 fully saturated rings. The number of rotatable bonds is 3. The molecule has 1 aromatic carbocycles. The number of hydrogen-bond donors (Lipinski definition) is 2. The highest BCUT2D eigenvalue weighted by Gasteiger charge is 2.36. The molecule has 0 saturated carbocycles. The van der Waals surface area contributed by atoms with Crippen molar-refractivity contribution in [3.05, 3.63) is 51.3 Å². The number of halogens is 4. The van der Waals surface area contributed by atoms with Gasteiger partial charge in [0, 0.05) is 32.7 Å². The summed E-state index contributed by atoms with van der Waals surface area (Å²) in [6.45, 7) is 1.34. The van der Waals surface area contributed by atoms with Gasteiger partial charge in [0.25, 0.3) is 5.91 Å². The summed E-state index contributed by atoms with van der Waals surface area (Å²) >= 11 is 5.97. The minimum atomic E-state index is -4.63. The van der Waals surface area contributed by atoms with Crippen LogP contribution < -0.4 is 15.8 Å². The van der Waals surface area contributed by atoms with Crippen LogP contribution in [-0.2, 0) is 19.1 Å². The molecule has 1 unspecified atom stereocenters. The van der Waals surface area contributed by atoms with E-state index in [4.69, 9.17) is 16.6 Å². The van der Waals surface area contributed by atoms with Crippen molar-refractivity contribution < 1.29 is 18.0 Å². The van der Waals surface area contributed by atoms with Crippen molar-refractivity contribution in [2.75, 3.05) is 32.1 Å². The summed E-state index contributed by atoms with van der Waals surface area (Å²) in [6.07, 6.45) is -3.25. The number of nitrogens with one attached hydrogen (secondary N) is 2. The van der Waals surface area contributed by atoms with Gasteiger partial charge in [-0.15, -0.1) is 0 Å². The Hall–Kier alpha value is -2.43. The molecule has 0 spiro atoms. The zero-order chi connectivity index (χ0) is 22.3. The van der Waals surface area contributed by atoms with Crippen LogP contribution in [-0.4, -0.2) is 48.0 Å². The van der Waals surface area contributed by atoms with Crippen LogP contribution in [0.1, 0.15) is 45.3 Å². The summed E-state index contributed by atoms with van der Waals surface area (Å²) in [7, 11) is 3.67. The number of aromatic nitrogens is 2. The number of amides is 1. The largest absolute Gasteiger partial charge is 0.417 e. The Kier molecular flexibility index (Phi) is 5.80. The standard InChI is InChI=1S/C20H22ClF3N6O/c1-29(2)19-26-15-10-30(9-7-11(15)17(27-19)14-6-8-25-28-14)18(31)12-4-3-5-13(16(12)21)20(22,23)24/h3-5,14,25,28H,6-10H2,1-2H3. The van der Waals surface area contributed by atoms with Crippen molar-refractivity contribution in [1.82, 2.24) is 25.7 Å². The first-order valence-corrected chi connectivity index (χ1v) is 10.2. The fraction of sp³-hybridized carbons (Fsp3) is 0.450. The molecule has 1 atom stereocenters. The summed E-state index contributed by atoms with van der Waals surface area (Å²) < 4.78 is 39.6. The first-order valence-electron chi connectivity index (χ1n) is 9.87. The number of alkyl halides is 3. The molecule has 31 heavy (non-hydrogen) atoms. The van der Waals surface area contributed by atoms with Gasteiger partial charge in [-0.1, -0.05) is 17.7 Å². The molecule has 0 aliphatic carbocycles. The number of benzene rings is 1. The lowest BCUT2D eigenvalue weighted by atomic mass is 9.97. The van der Waals surface area contributed by atoms with Crippen molar-refractivity contribution in [1.29, 1.82) is 0 Å². The first kappa shape index (κ1) is 21.8. The number of anilines is 1. The molecule has 0 bridgehead atoms. The molecule has 2 aliphatic heterocycles. The topological polar surface area (TPSA) is 73.4 Å². The van der Waals surface area contributed by atoms with E-state index in [1.54, 1.807) is 4.90 Å². The molecule has 0 radical (unpaired) electrons. The van der Waals surface area contributed by atoms with Crippen LogP contribution in [0.4, 0.5) is 19.1 Å². The van der Waals surface area contributed by atoms with E-state index in [1.165, 1.54) is 17.0 Å². The quantitative estimate of drug-likeness (QED) is 0.743. The zero-order valence-corrected chi connectivity index (χ0v) is 17.8.